The first kappa shape index (κ1) is 14.5. The molecule has 1 aliphatic heterocycles. The number of fused-ring (bicyclic) bond motifs is 3. The number of H-pyrrole nitrogens is 1. The van der Waals surface area contributed by atoms with Crippen LogP contribution in [0.5, 0.6) is 0 Å². The molecule has 4 heterocycles. The van der Waals surface area contributed by atoms with E-state index in [2.05, 4.69) is 25.1 Å². The van der Waals surface area contributed by atoms with Gasteiger partial charge in [0.1, 0.15) is 12.7 Å². The third-order valence-corrected chi connectivity index (χ3v) is 4.49. The zero-order valence-corrected chi connectivity index (χ0v) is 12.9. The minimum atomic E-state index is -0.118. The molecule has 120 valence electrons. The van der Waals surface area contributed by atoms with Gasteiger partial charge in [-0.25, -0.2) is 9.97 Å². The summed E-state index contributed by atoms with van der Waals surface area (Å²) in [5, 5.41) is 18.9. The van der Waals surface area contributed by atoms with Gasteiger partial charge in [0.05, 0.1) is 17.1 Å². The summed E-state index contributed by atoms with van der Waals surface area (Å²) in [5.74, 6) is -0.0127. The molecule has 1 amide bonds. The van der Waals surface area contributed by atoms with Crippen LogP contribution in [0, 0.1) is 11.3 Å². The largest absolute Gasteiger partial charge is 0.345 e. The first-order valence-corrected chi connectivity index (χ1v) is 7.87. The standard InChI is InChI=1S/C16H15N7O/c17-5-3-12(24)23-7-1-2-10(8-23)14-13-11-4-6-18-15(11)21-22-16(13)20-9-19-14/h4,6,9-10H,1-3,7-8H2,(H,18,21). The average molecular weight is 321 g/mol. The fourth-order valence-electron chi connectivity index (χ4n) is 3.38. The zero-order valence-electron chi connectivity index (χ0n) is 12.9. The number of carbonyl (C=O) groups excluding carboxylic acids is 1. The molecular formula is C16H15N7O. The summed E-state index contributed by atoms with van der Waals surface area (Å²) >= 11 is 0. The Hall–Kier alpha value is -3.08. The first-order chi connectivity index (χ1) is 11.8. The summed E-state index contributed by atoms with van der Waals surface area (Å²) in [5.41, 5.74) is 2.16. The predicted molar refractivity (Wildman–Crippen MR) is 85.8 cm³/mol. The molecule has 0 spiro atoms. The lowest BCUT2D eigenvalue weighted by molar-refractivity contribution is -0.131. The number of likely N-dealkylation sites (tertiary alicyclic amines) is 1. The van der Waals surface area contributed by atoms with Crippen LogP contribution in [0.15, 0.2) is 18.6 Å². The Morgan fingerprint density at radius 2 is 2.33 bits per heavy atom. The fourth-order valence-corrected chi connectivity index (χ4v) is 3.38. The highest BCUT2D eigenvalue weighted by atomic mass is 16.2. The lowest BCUT2D eigenvalue weighted by Crippen LogP contribution is -2.39. The summed E-state index contributed by atoms with van der Waals surface area (Å²) in [4.78, 5) is 25.6. The maximum absolute atomic E-state index is 12.1. The molecule has 1 unspecified atom stereocenters. The van der Waals surface area contributed by atoms with Crippen LogP contribution in [0.25, 0.3) is 22.1 Å². The summed E-state index contributed by atoms with van der Waals surface area (Å²) < 4.78 is 0. The maximum atomic E-state index is 12.1. The molecule has 3 aromatic rings. The van der Waals surface area contributed by atoms with Crippen molar-refractivity contribution in [2.24, 2.45) is 0 Å². The van der Waals surface area contributed by atoms with Crippen molar-refractivity contribution in [3.05, 3.63) is 24.3 Å². The highest BCUT2D eigenvalue weighted by Crippen LogP contribution is 2.32. The molecule has 0 aromatic carbocycles. The van der Waals surface area contributed by atoms with E-state index in [0.717, 1.165) is 29.3 Å². The van der Waals surface area contributed by atoms with Crippen LogP contribution in [0.4, 0.5) is 0 Å². The van der Waals surface area contributed by atoms with Crippen LogP contribution in [-0.2, 0) is 4.79 Å². The van der Waals surface area contributed by atoms with Crippen molar-refractivity contribution in [3.63, 3.8) is 0 Å². The number of rotatable bonds is 2. The van der Waals surface area contributed by atoms with Crippen LogP contribution in [-0.4, -0.2) is 49.0 Å². The van der Waals surface area contributed by atoms with Gasteiger partial charge in [-0.1, -0.05) is 0 Å². The van der Waals surface area contributed by atoms with Crippen LogP contribution in [0.1, 0.15) is 30.9 Å². The number of nitriles is 1. The van der Waals surface area contributed by atoms with E-state index in [9.17, 15) is 4.79 Å². The quantitative estimate of drug-likeness (QED) is 0.766. The molecule has 0 saturated carbocycles. The van der Waals surface area contributed by atoms with E-state index in [1.165, 1.54) is 6.33 Å². The smallest absolute Gasteiger partial charge is 0.236 e. The molecule has 24 heavy (non-hydrogen) atoms. The van der Waals surface area contributed by atoms with Crippen LogP contribution < -0.4 is 0 Å². The number of piperidine rings is 1. The summed E-state index contributed by atoms with van der Waals surface area (Å²) in [6.07, 6.45) is 5.07. The van der Waals surface area contributed by atoms with E-state index in [0.29, 0.717) is 24.4 Å². The van der Waals surface area contributed by atoms with Gasteiger partial charge in [0.15, 0.2) is 11.3 Å². The Labute approximate surface area is 137 Å². The third-order valence-electron chi connectivity index (χ3n) is 4.49. The number of nitrogens with one attached hydrogen (secondary N) is 1. The molecule has 0 radical (unpaired) electrons. The van der Waals surface area contributed by atoms with Crippen molar-refractivity contribution >= 4 is 28.0 Å². The molecule has 0 aliphatic carbocycles. The second-order valence-corrected chi connectivity index (χ2v) is 5.91. The van der Waals surface area contributed by atoms with Crippen molar-refractivity contribution < 1.29 is 4.79 Å². The summed E-state index contributed by atoms with van der Waals surface area (Å²) in [6.45, 7) is 1.26. The third kappa shape index (κ3) is 2.34. The topological polar surface area (TPSA) is 111 Å². The van der Waals surface area contributed by atoms with Gasteiger partial charge in [0, 0.05) is 30.6 Å². The Bertz CT molecular complexity index is 958. The Balaban J connectivity index is 1.77. The number of aromatic nitrogens is 5. The lowest BCUT2D eigenvalue weighted by Gasteiger charge is -2.32. The van der Waals surface area contributed by atoms with E-state index in [1.807, 2.05) is 18.3 Å². The average Bonchev–Trinajstić information content (AvgIpc) is 3.10. The van der Waals surface area contributed by atoms with Gasteiger partial charge in [-0.15, -0.1) is 10.2 Å². The highest BCUT2D eigenvalue weighted by Gasteiger charge is 2.27. The van der Waals surface area contributed by atoms with E-state index in [-0.39, 0.29) is 18.2 Å². The minimum absolute atomic E-state index is 0.0786. The van der Waals surface area contributed by atoms with Gasteiger partial charge in [-0.3, -0.25) is 4.79 Å². The first-order valence-electron chi connectivity index (χ1n) is 7.87. The Morgan fingerprint density at radius 3 is 3.21 bits per heavy atom. The number of carbonyl (C=O) groups is 1. The van der Waals surface area contributed by atoms with Crippen molar-refractivity contribution in [3.8, 4) is 6.07 Å². The van der Waals surface area contributed by atoms with E-state index >= 15 is 0 Å². The second-order valence-electron chi connectivity index (χ2n) is 5.91. The SMILES string of the molecule is N#CCC(=O)N1CCCC(c2ncnc3nnc4[nH]ccc4c23)C1. The second kappa shape index (κ2) is 5.85. The molecule has 1 aliphatic rings. The molecule has 1 fully saturated rings. The molecular weight excluding hydrogens is 306 g/mol. The number of nitrogens with zero attached hydrogens (tertiary/aromatic N) is 6. The fraction of sp³-hybridized carbons (Fsp3) is 0.375. The van der Waals surface area contributed by atoms with Crippen LogP contribution >= 0.6 is 0 Å². The lowest BCUT2D eigenvalue weighted by atomic mass is 9.92. The van der Waals surface area contributed by atoms with Gasteiger partial charge >= 0.3 is 0 Å². The van der Waals surface area contributed by atoms with Gasteiger partial charge in [-0.2, -0.15) is 5.26 Å². The van der Waals surface area contributed by atoms with Crippen LogP contribution in [0.3, 0.4) is 0 Å². The van der Waals surface area contributed by atoms with Crippen molar-refractivity contribution in [2.45, 2.75) is 25.2 Å². The molecule has 3 aromatic heterocycles. The molecule has 1 saturated heterocycles. The number of hydrogen-bond acceptors (Lipinski definition) is 6. The molecule has 1 N–H and O–H groups in total. The number of amides is 1. The van der Waals surface area contributed by atoms with Gasteiger partial charge in [0.2, 0.25) is 5.91 Å². The molecule has 8 nitrogen and oxygen atoms in total. The van der Waals surface area contributed by atoms with E-state index in [4.69, 9.17) is 5.26 Å². The van der Waals surface area contributed by atoms with Gasteiger partial charge < -0.3 is 9.88 Å². The summed E-state index contributed by atoms with van der Waals surface area (Å²) in [7, 11) is 0. The number of aromatic amines is 1. The predicted octanol–water partition coefficient (Wildman–Crippen LogP) is 1.52. The van der Waals surface area contributed by atoms with Crippen molar-refractivity contribution in [1.82, 2.24) is 30.0 Å². The van der Waals surface area contributed by atoms with Gasteiger partial charge in [-0.05, 0) is 18.9 Å². The normalized spacial score (nSPS) is 18.0. The van der Waals surface area contributed by atoms with Gasteiger partial charge in [0.25, 0.3) is 0 Å². The number of hydrogen-bond donors (Lipinski definition) is 1. The Kier molecular flexibility index (Phi) is 3.54. The van der Waals surface area contributed by atoms with E-state index in [1.54, 1.807) is 4.90 Å². The van der Waals surface area contributed by atoms with Crippen molar-refractivity contribution in [2.75, 3.05) is 13.1 Å². The highest BCUT2D eigenvalue weighted by molar-refractivity contribution is 6.02. The molecule has 1 atom stereocenters. The van der Waals surface area contributed by atoms with E-state index < -0.39 is 0 Å². The van der Waals surface area contributed by atoms with Crippen LogP contribution in [0.2, 0.25) is 0 Å². The maximum Gasteiger partial charge on any atom is 0.236 e. The Morgan fingerprint density at radius 1 is 1.42 bits per heavy atom. The zero-order chi connectivity index (χ0) is 16.5. The minimum Gasteiger partial charge on any atom is -0.345 e. The molecule has 8 heteroatoms. The molecule has 4 rings (SSSR count). The molecule has 0 bridgehead atoms. The monoisotopic (exact) mass is 321 g/mol. The van der Waals surface area contributed by atoms with Crippen molar-refractivity contribution in [1.29, 1.82) is 5.26 Å². The summed E-state index contributed by atoms with van der Waals surface area (Å²) in [6, 6.07) is 3.88.